The highest BCUT2D eigenvalue weighted by Gasteiger charge is 2.19. The van der Waals surface area contributed by atoms with Crippen LogP contribution in [0.5, 0.6) is 5.75 Å². The number of rotatable bonds is 6. The normalized spacial score (nSPS) is 12.1. The van der Waals surface area contributed by atoms with Crippen LogP contribution in [-0.4, -0.2) is 16.6 Å². The van der Waals surface area contributed by atoms with Gasteiger partial charge in [0.2, 0.25) is 0 Å². The Balaban J connectivity index is 1.77. The molecule has 0 saturated heterocycles. The van der Waals surface area contributed by atoms with Crippen LogP contribution in [0.25, 0.3) is 10.2 Å². The fourth-order valence-electron chi connectivity index (χ4n) is 2.69. The third-order valence-corrected chi connectivity index (χ3v) is 5.17. The zero-order valence-electron chi connectivity index (χ0n) is 14.5. The van der Waals surface area contributed by atoms with E-state index in [1.807, 2.05) is 26.0 Å². The van der Waals surface area contributed by atoms with Crippen molar-refractivity contribution in [3.63, 3.8) is 0 Å². The van der Waals surface area contributed by atoms with Gasteiger partial charge in [-0.3, -0.25) is 14.2 Å². The van der Waals surface area contributed by atoms with Gasteiger partial charge in [0.1, 0.15) is 5.75 Å². The fourth-order valence-corrected chi connectivity index (χ4v) is 3.87. The maximum Gasteiger partial charge on any atom is 0.308 e. The molecule has 1 N–H and O–H groups in total. The van der Waals surface area contributed by atoms with E-state index in [0.717, 1.165) is 10.2 Å². The molecule has 26 heavy (non-hydrogen) atoms. The van der Waals surface area contributed by atoms with E-state index in [9.17, 15) is 9.59 Å². The number of halogens is 1. The summed E-state index contributed by atoms with van der Waals surface area (Å²) in [6, 6.07) is 12.4. The molecule has 1 heterocycles. The third kappa shape index (κ3) is 3.92. The molecule has 0 aliphatic carbocycles. The number of fused-ring (bicyclic) bond motifs is 1. The largest absolute Gasteiger partial charge is 0.481 e. The Labute approximate surface area is 160 Å². The molecule has 0 saturated carbocycles. The minimum absolute atomic E-state index is 0.00157. The number of benzene rings is 2. The van der Waals surface area contributed by atoms with E-state index in [1.54, 1.807) is 34.9 Å². The summed E-state index contributed by atoms with van der Waals surface area (Å²) >= 11 is 7.13. The molecule has 1 atom stereocenters. The smallest absolute Gasteiger partial charge is 0.308 e. The van der Waals surface area contributed by atoms with Gasteiger partial charge < -0.3 is 10.1 Å². The number of amides is 1. The lowest BCUT2D eigenvalue weighted by molar-refractivity contribution is -0.122. The van der Waals surface area contributed by atoms with Crippen LogP contribution in [0.2, 0.25) is 5.02 Å². The summed E-state index contributed by atoms with van der Waals surface area (Å²) < 4.78 is 8.32. The number of hydrogen-bond donors (Lipinski definition) is 1. The first-order valence-electron chi connectivity index (χ1n) is 8.38. The highest BCUT2D eigenvalue weighted by Crippen LogP contribution is 2.23. The molecule has 5 nitrogen and oxygen atoms in total. The van der Waals surface area contributed by atoms with Gasteiger partial charge in [-0.2, -0.15) is 0 Å². The third-order valence-electron chi connectivity index (χ3n) is 3.99. The number of aryl methyl sites for hydroxylation is 1. The lowest BCUT2D eigenvalue weighted by atomic mass is 10.2. The van der Waals surface area contributed by atoms with Gasteiger partial charge in [0.05, 0.1) is 10.2 Å². The quantitative estimate of drug-likeness (QED) is 0.672. The maximum atomic E-state index is 12.6. The Bertz CT molecular complexity index is 996. The zero-order valence-corrected chi connectivity index (χ0v) is 16.1. The summed E-state index contributed by atoms with van der Waals surface area (Å²) in [5.41, 5.74) is 1.52. The molecule has 1 aromatic heterocycles. The van der Waals surface area contributed by atoms with Crippen molar-refractivity contribution in [2.75, 3.05) is 5.32 Å². The summed E-state index contributed by atoms with van der Waals surface area (Å²) in [6.45, 7) is 4.43. The predicted octanol–water partition coefficient (Wildman–Crippen LogP) is 4.53. The van der Waals surface area contributed by atoms with Gasteiger partial charge in [0.15, 0.2) is 6.10 Å². The molecular weight excluding hydrogens is 372 g/mol. The summed E-state index contributed by atoms with van der Waals surface area (Å²) in [7, 11) is 0. The monoisotopic (exact) mass is 390 g/mol. The summed E-state index contributed by atoms with van der Waals surface area (Å²) in [5, 5.41) is 3.42. The molecule has 0 fully saturated rings. The molecule has 0 bridgehead atoms. The number of aromatic nitrogens is 1. The number of nitrogens with one attached hydrogen (secondary N) is 1. The molecule has 2 aromatic carbocycles. The molecule has 136 valence electrons. The van der Waals surface area contributed by atoms with Crippen molar-refractivity contribution in [2.45, 2.75) is 32.9 Å². The predicted molar refractivity (Wildman–Crippen MR) is 107 cm³/mol. The van der Waals surface area contributed by atoms with Crippen molar-refractivity contribution < 1.29 is 9.53 Å². The van der Waals surface area contributed by atoms with Crippen LogP contribution in [0.4, 0.5) is 5.69 Å². The molecule has 7 heteroatoms. The van der Waals surface area contributed by atoms with Crippen LogP contribution in [0.3, 0.4) is 0 Å². The van der Waals surface area contributed by atoms with Crippen LogP contribution in [-0.2, 0) is 11.3 Å². The summed E-state index contributed by atoms with van der Waals surface area (Å²) in [6.07, 6.45) is -0.122. The molecule has 0 aliphatic rings. The number of carbonyl (C=O) groups is 1. The Hall–Kier alpha value is -2.31. The van der Waals surface area contributed by atoms with E-state index < -0.39 is 6.10 Å². The van der Waals surface area contributed by atoms with Gasteiger partial charge in [-0.1, -0.05) is 35.9 Å². The lowest BCUT2D eigenvalue weighted by Gasteiger charge is -2.17. The number of hydrogen-bond acceptors (Lipinski definition) is 4. The standard InChI is InChI=1S/C19H19ClN2O3S/c1-3-16(25-14-7-5-6-12(20)10-14)18(23)21-13-8-9-15-17(11-13)26-19(24)22(15)4-2/h5-11,16H,3-4H2,1-2H3,(H,21,23). The Morgan fingerprint density at radius 2 is 2.08 bits per heavy atom. The van der Waals surface area contributed by atoms with Gasteiger partial charge in [0.25, 0.3) is 5.91 Å². The van der Waals surface area contributed by atoms with Crippen LogP contribution in [0.1, 0.15) is 20.3 Å². The number of carbonyl (C=O) groups excluding carboxylic acids is 1. The highest BCUT2D eigenvalue weighted by molar-refractivity contribution is 7.16. The summed E-state index contributed by atoms with van der Waals surface area (Å²) in [4.78, 5) is 24.5. The molecule has 1 unspecified atom stereocenters. The highest BCUT2D eigenvalue weighted by atomic mass is 35.5. The first-order chi connectivity index (χ1) is 12.5. The SMILES string of the molecule is CCC(Oc1cccc(Cl)c1)C(=O)Nc1ccc2c(c1)sc(=O)n2CC. The van der Waals surface area contributed by atoms with E-state index in [-0.39, 0.29) is 10.8 Å². The second-order valence-electron chi connectivity index (χ2n) is 5.76. The van der Waals surface area contributed by atoms with E-state index in [4.69, 9.17) is 16.3 Å². The van der Waals surface area contributed by atoms with Crippen LogP contribution in [0, 0.1) is 0 Å². The molecular formula is C19H19ClN2O3S. The van der Waals surface area contributed by atoms with Crippen molar-refractivity contribution >= 4 is 44.7 Å². The van der Waals surface area contributed by atoms with E-state index in [0.29, 0.717) is 29.4 Å². The number of thiazole rings is 1. The van der Waals surface area contributed by atoms with E-state index >= 15 is 0 Å². The fraction of sp³-hybridized carbons (Fsp3) is 0.263. The number of ether oxygens (including phenoxy) is 1. The first kappa shape index (κ1) is 18.5. The maximum absolute atomic E-state index is 12.6. The van der Waals surface area contributed by atoms with Crippen molar-refractivity contribution in [1.82, 2.24) is 4.57 Å². The van der Waals surface area contributed by atoms with Crippen molar-refractivity contribution in [1.29, 1.82) is 0 Å². The molecule has 1 amide bonds. The molecule has 3 aromatic rings. The Morgan fingerprint density at radius 3 is 2.77 bits per heavy atom. The second-order valence-corrected chi connectivity index (χ2v) is 7.19. The van der Waals surface area contributed by atoms with Gasteiger partial charge in [0, 0.05) is 17.3 Å². The average Bonchev–Trinajstić information content (AvgIpc) is 2.93. The Morgan fingerprint density at radius 1 is 1.27 bits per heavy atom. The van der Waals surface area contributed by atoms with Crippen molar-refractivity contribution in [2.24, 2.45) is 0 Å². The van der Waals surface area contributed by atoms with Crippen molar-refractivity contribution in [3.05, 3.63) is 57.2 Å². The van der Waals surface area contributed by atoms with E-state index in [2.05, 4.69) is 5.32 Å². The van der Waals surface area contributed by atoms with Gasteiger partial charge >= 0.3 is 4.87 Å². The molecule has 3 rings (SSSR count). The first-order valence-corrected chi connectivity index (χ1v) is 9.57. The van der Waals surface area contributed by atoms with Crippen LogP contribution in [0.15, 0.2) is 47.3 Å². The topological polar surface area (TPSA) is 60.3 Å². The molecule has 0 radical (unpaired) electrons. The molecule has 0 spiro atoms. The van der Waals surface area contributed by atoms with Gasteiger partial charge in [-0.05, 0) is 49.7 Å². The van der Waals surface area contributed by atoms with E-state index in [1.165, 1.54) is 11.3 Å². The number of anilines is 1. The van der Waals surface area contributed by atoms with Gasteiger partial charge in [-0.15, -0.1) is 0 Å². The zero-order chi connectivity index (χ0) is 18.7. The minimum Gasteiger partial charge on any atom is -0.481 e. The second kappa shape index (κ2) is 7.93. The van der Waals surface area contributed by atoms with Crippen LogP contribution >= 0.6 is 22.9 Å². The van der Waals surface area contributed by atoms with Crippen molar-refractivity contribution in [3.8, 4) is 5.75 Å². The summed E-state index contributed by atoms with van der Waals surface area (Å²) in [5.74, 6) is 0.308. The lowest BCUT2D eigenvalue weighted by Crippen LogP contribution is -2.32. The minimum atomic E-state index is -0.636. The molecule has 0 aliphatic heterocycles. The number of nitrogens with zero attached hydrogens (tertiary/aromatic N) is 1. The Kier molecular flexibility index (Phi) is 5.64. The van der Waals surface area contributed by atoms with Gasteiger partial charge in [-0.25, -0.2) is 0 Å². The average molecular weight is 391 g/mol. The van der Waals surface area contributed by atoms with Crippen LogP contribution < -0.4 is 14.9 Å².